The Morgan fingerprint density at radius 2 is 2.00 bits per heavy atom. The molecule has 6 unspecified atom stereocenters. The summed E-state index contributed by atoms with van der Waals surface area (Å²) in [7, 11) is 0. The Kier molecular flexibility index (Phi) is 3.92. The van der Waals surface area contributed by atoms with Crippen molar-refractivity contribution in [1.82, 2.24) is 5.32 Å². The summed E-state index contributed by atoms with van der Waals surface area (Å²) in [5.41, 5.74) is 0.369. The molecule has 3 rings (SSSR count). The first-order valence-electron chi connectivity index (χ1n) is 8.52. The van der Waals surface area contributed by atoms with E-state index >= 15 is 0 Å². The standard InChI is InChI=1S/C17H31NO/c1-4-17(3)15(10-16(17)19-5-2)18-11-14-9-12-6-7-13(14)8-12/h12-16,18H,4-11H2,1-3H3. The maximum absolute atomic E-state index is 5.90. The minimum absolute atomic E-state index is 0.369. The molecule has 3 aliphatic rings. The van der Waals surface area contributed by atoms with Crippen LogP contribution >= 0.6 is 0 Å². The highest BCUT2D eigenvalue weighted by Gasteiger charge is 2.51. The molecule has 2 nitrogen and oxygen atoms in total. The first-order valence-corrected chi connectivity index (χ1v) is 8.52. The van der Waals surface area contributed by atoms with Crippen LogP contribution in [0.4, 0.5) is 0 Å². The number of fused-ring (bicyclic) bond motifs is 2. The smallest absolute Gasteiger partial charge is 0.0658 e. The fourth-order valence-corrected chi connectivity index (χ4v) is 4.99. The SMILES string of the molecule is CCOC1CC(NCC2CC3CCC2C3)C1(C)CC. The first-order chi connectivity index (χ1) is 9.17. The molecule has 0 aromatic heterocycles. The molecule has 0 aromatic rings. The van der Waals surface area contributed by atoms with Crippen molar-refractivity contribution in [3.63, 3.8) is 0 Å². The van der Waals surface area contributed by atoms with Crippen molar-refractivity contribution in [2.75, 3.05) is 13.2 Å². The molecule has 3 fully saturated rings. The highest BCUT2D eigenvalue weighted by Crippen LogP contribution is 2.49. The van der Waals surface area contributed by atoms with Gasteiger partial charge in [-0.05, 0) is 63.3 Å². The van der Waals surface area contributed by atoms with E-state index in [4.69, 9.17) is 4.74 Å². The Morgan fingerprint density at radius 3 is 2.58 bits per heavy atom. The molecule has 0 saturated heterocycles. The van der Waals surface area contributed by atoms with E-state index in [1.54, 1.807) is 0 Å². The van der Waals surface area contributed by atoms with Gasteiger partial charge in [0, 0.05) is 18.1 Å². The van der Waals surface area contributed by atoms with E-state index in [-0.39, 0.29) is 0 Å². The van der Waals surface area contributed by atoms with E-state index < -0.39 is 0 Å². The Balaban J connectivity index is 1.48. The molecular formula is C17H31NO. The number of rotatable bonds is 6. The fraction of sp³-hybridized carbons (Fsp3) is 1.00. The third kappa shape index (κ3) is 2.35. The number of ether oxygens (including phenoxy) is 1. The summed E-state index contributed by atoms with van der Waals surface area (Å²) in [4.78, 5) is 0. The van der Waals surface area contributed by atoms with Crippen molar-refractivity contribution in [3.05, 3.63) is 0 Å². The second-order valence-electron chi connectivity index (χ2n) is 7.43. The van der Waals surface area contributed by atoms with E-state index in [0.717, 1.165) is 24.4 Å². The van der Waals surface area contributed by atoms with Crippen LogP contribution in [-0.2, 0) is 4.74 Å². The van der Waals surface area contributed by atoms with Crippen LogP contribution < -0.4 is 5.32 Å². The maximum Gasteiger partial charge on any atom is 0.0658 e. The molecule has 6 atom stereocenters. The lowest BCUT2D eigenvalue weighted by atomic mass is 9.61. The average Bonchev–Trinajstić information content (AvgIpc) is 3.03. The number of nitrogens with one attached hydrogen (secondary N) is 1. The summed E-state index contributed by atoms with van der Waals surface area (Å²) in [5, 5.41) is 3.90. The zero-order valence-electron chi connectivity index (χ0n) is 13.0. The third-order valence-corrected chi connectivity index (χ3v) is 6.62. The van der Waals surface area contributed by atoms with Gasteiger partial charge in [-0.3, -0.25) is 0 Å². The van der Waals surface area contributed by atoms with Gasteiger partial charge >= 0.3 is 0 Å². The molecule has 110 valence electrons. The van der Waals surface area contributed by atoms with Crippen LogP contribution in [0, 0.1) is 23.2 Å². The first kappa shape index (κ1) is 13.9. The highest BCUT2D eigenvalue weighted by atomic mass is 16.5. The Morgan fingerprint density at radius 1 is 1.16 bits per heavy atom. The minimum atomic E-state index is 0.369. The van der Waals surface area contributed by atoms with E-state index in [1.165, 1.54) is 45.1 Å². The lowest BCUT2D eigenvalue weighted by Gasteiger charge is -2.54. The largest absolute Gasteiger partial charge is 0.378 e. The van der Waals surface area contributed by atoms with Crippen LogP contribution in [0.3, 0.4) is 0 Å². The molecule has 3 saturated carbocycles. The molecule has 0 aliphatic heterocycles. The van der Waals surface area contributed by atoms with Crippen molar-refractivity contribution in [2.45, 2.75) is 71.4 Å². The lowest BCUT2D eigenvalue weighted by Crippen LogP contribution is -2.62. The van der Waals surface area contributed by atoms with Gasteiger partial charge in [0.25, 0.3) is 0 Å². The molecule has 0 amide bonds. The zero-order valence-corrected chi connectivity index (χ0v) is 13.0. The molecule has 0 radical (unpaired) electrons. The predicted octanol–water partition coefficient (Wildman–Crippen LogP) is 3.61. The average molecular weight is 265 g/mol. The highest BCUT2D eigenvalue weighted by molar-refractivity contribution is 5.05. The molecule has 2 heteroatoms. The quantitative estimate of drug-likeness (QED) is 0.792. The van der Waals surface area contributed by atoms with E-state index in [1.807, 2.05) is 0 Å². The second-order valence-corrected chi connectivity index (χ2v) is 7.43. The van der Waals surface area contributed by atoms with Gasteiger partial charge in [-0.2, -0.15) is 0 Å². The summed E-state index contributed by atoms with van der Waals surface area (Å²) >= 11 is 0. The zero-order chi connectivity index (χ0) is 13.5. The molecule has 3 aliphatic carbocycles. The van der Waals surface area contributed by atoms with Gasteiger partial charge in [0.05, 0.1) is 6.10 Å². The van der Waals surface area contributed by atoms with E-state index in [9.17, 15) is 0 Å². The van der Waals surface area contributed by atoms with Crippen molar-refractivity contribution in [3.8, 4) is 0 Å². The van der Waals surface area contributed by atoms with Crippen LogP contribution in [-0.4, -0.2) is 25.3 Å². The molecule has 0 heterocycles. The maximum atomic E-state index is 5.90. The van der Waals surface area contributed by atoms with Crippen molar-refractivity contribution in [2.24, 2.45) is 23.2 Å². The predicted molar refractivity (Wildman–Crippen MR) is 79.2 cm³/mol. The van der Waals surface area contributed by atoms with Crippen molar-refractivity contribution < 1.29 is 4.74 Å². The Labute approximate surface area is 118 Å². The molecular weight excluding hydrogens is 234 g/mol. The third-order valence-electron chi connectivity index (χ3n) is 6.62. The van der Waals surface area contributed by atoms with Crippen LogP contribution in [0.25, 0.3) is 0 Å². The summed E-state index contributed by atoms with van der Waals surface area (Å²) in [6.45, 7) is 8.97. The summed E-state index contributed by atoms with van der Waals surface area (Å²) in [5.74, 6) is 3.10. The van der Waals surface area contributed by atoms with Crippen LogP contribution in [0.15, 0.2) is 0 Å². The van der Waals surface area contributed by atoms with Gasteiger partial charge in [-0.1, -0.05) is 20.3 Å². The van der Waals surface area contributed by atoms with Gasteiger partial charge in [0.1, 0.15) is 0 Å². The molecule has 19 heavy (non-hydrogen) atoms. The second kappa shape index (κ2) is 5.37. The number of hydrogen-bond donors (Lipinski definition) is 1. The summed E-state index contributed by atoms with van der Waals surface area (Å²) in [6.07, 6.45) is 8.99. The van der Waals surface area contributed by atoms with E-state index in [2.05, 4.69) is 26.1 Å². The van der Waals surface area contributed by atoms with Crippen LogP contribution in [0.5, 0.6) is 0 Å². The van der Waals surface area contributed by atoms with Gasteiger partial charge in [-0.15, -0.1) is 0 Å². The van der Waals surface area contributed by atoms with Crippen molar-refractivity contribution in [1.29, 1.82) is 0 Å². The molecule has 2 bridgehead atoms. The van der Waals surface area contributed by atoms with Gasteiger partial charge < -0.3 is 10.1 Å². The van der Waals surface area contributed by atoms with Crippen LogP contribution in [0.1, 0.15) is 59.3 Å². The molecule has 1 N–H and O–H groups in total. The number of hydrogen-bond acceptors (Lipinski definition) is 2. The normalized spacial score (nSPS) is 48.5. The lowest BCUT2D eigenvalue weighted by molar-refractivity contribution is -0.126. The van der Waals surface area contributed by atoms with Crippen molar-refractivity contribution >= 4 is 0 Å². The Bertz CT molecular complexity index is 318. The minimum Gasteiger partial charge on any atom is -0.378 e. The van der Waals surface area contributed by atoms with Gasteiger partial charge in [0.15, 0.2) is 0 Å². The summed E-state index contributed by atoms with van der Waals surface area (Å²) in [6, 6.07) is 0.688. The Hall–Kier alpha value is -0.0800. The van der Waals surface area contributed by atoms with E-state index in [0.29, 0.717) is 17.6 Å². The monoisotopic (exact) mass is 265 g/mol. The summed E-state index contributed by atoms with van der Waals surface area (Å²) < 4.78 is 5.90. The van der Waals surface area contributed by atoms with Gasteiger partial charge in [0.2, 0.25) is 0 Å². The molecule has 0 spiro atoms. The topological polar surface area (TPSA) is 21.3 Å². The fourth-order valence-electron chi connectivity index (χ4n) is 4.99. The molecule has 0 aromatic carbocycles. The van der Waals surface area contributed by atoms with Crippen LogP contribution in [0.2, 0.25) is 0 Å². The van der Waals surface area contributed by atoms with Gasteiger partial charge in [-0.25, -0.2) is 0 Å².